The summed E-state index contributed by atoms with van der Waals surface area (Å²) >= 11 is 0. The van der Waals surface area contributed by atoms with E-state index in [1.54, 1.807) is 0 Å². The van der Waals surface area contributed by atoms with Gasteiger partial charge in [-0.25, -0.2) is 0 Å². The van der Waals surface area contributed by atoms with E-state index >= 15 is 0 Å². The molecule has 1 heterocycles. The van der Waals surface area contributed by atoms with Gasteiger partial charge in [-0.15, -0.1) is 0 Å². The number of furan rings is 1. The van der Waals surface area contributed by atoms with E-state index in [1.165, 1.54) is 46.4 Å². The summed E-state index contributed by atoms with van der Waals surface area (Å²) in [5, 5.41) is 5.21. The van der Waals surface area contributed by atoms with Crippen molar-refractivity contribution < 1.29 is 4.42 Å². The lowest BCUT2D eigenvalue weighted by Crippen LogP contribution is -1.89. The molecule has 1 nitrogen and oxygen atoms in total. The highest BCUT2D eigenvalue weighted by atomic mass is 16.3. The summed E-state index contributed by atoms with van der Waals surface area (Å²) in [7, 11) is 0. The fraction of sp³-hybridized carbons (Fsp3) is 0.238. The van der Waals surface area contributed by atoms with Crippen molar-refractivity contribution in [1.29, 1.82) is 0 Å². The summed E-state index contributed by atoms with van der Waals surface area (Å²) in [6.45, 7) is 2.26. The largest absolute Gasteiger partial charge is 0.456 e. The standard InChI is InChI=1S/C21H20O/c1-2-3-4-11-17-16-10-6-5-9-15(16)14-20-21(17)18-12-7-8-13-19(18)22-20/h5-10,12-14H,2-4,11H2,1H3. The highest BCUT2D eigenvalue weighted by Gasteiger charge is 2.14. The van der Waals surface area contributed by atoms with Gasteiger partial charge in [-0.1, -0.05) is 62.2 Å². The van der Waals surface area contributed by atoms with Crippen LogP contribution in [-0.4, -0.2) is 0 Å². The zero-order valence-electron chi connectivity index (χ0n) is 12.9. The summed E-state index contributed by atoms with van der Waals surface area (Å²) in [5.74, 6) is 0. The molecule has 0 unspecified atom stereocenters. The maximum Gasteiger partial charge on any atom is 0.136 e. The zero-order chi connectivity index (χ0) is 14.9. The van der Waals surface area contributed by atoms with Gasteiger partial charge >= 0.3 is 0 Å². The molecule has 0 saturated heterocycles. The first kappa shape index (κ1) is 13.4. The van der Waals surface area contributed by atoms with Crippen LogP contribution in [0.25, 0.3) is 32.7 Å². The van der Waals surface area contributed by atoms with Gasteiger partial charge in [0.05, 0.1) is 0 Å². The minimum absolute atomic E-state index is 0.990. The van der Waals surface area contributed by atoms with Crippen molar-refractivity contribution in [2.45, 2.75) is 32.6 Å². The monoisotopic (exact) mass is 288 g/mol. The number of hydrogen-bond acceptors (Lipinski definition) is 1. The first-order chi connectivity index (χ1) is 10.9. The van der Waals surface area contributed by atoms with Gasteiger partial charge in [-0.05, 0) is 41.3 Å². The van der Waals surface area contributed by atoms with Crippen LogP contribution in [0.15, 0.2) is 59.0 Å². The van der Waals surface area contributed by atoms with E-state index in [0.29, 0.717) is 0 Å². The molecule has 0 amide bonds. The van der Waals surface area contributed by atoms with E-state index in [9.17, 15) is 0 Å². The molecule has 3 aromatic carbocycles. The van der Waals surface area contributed by atoms with Crippen molar-refractivity contribution >= 4 is 32.7 Å². The summed E-state index contributed by atoms with van der Waals surface area (Å²) in [6.07, 6.45) is 4.88. The van der Waals surface area contributed by atoms with Crippen molar-refractivity contribution in [2.75, 3.05) is 0 Å². The topological polar surface area (TPSA) is 13.1 Å². The fourth-order valence-electron chi connectivity index (χ4n) is 3.46. The Balaban J connectivity index is 2.06. The van der Waals surface area contributed by atoms with Gasteiger partial charge in [0, 0.05) is 10.8 Å². The van der Waals surface area contributed by atoms with Crippen molar-refractivity contribution in [3.05, 3.63) is 60.2 Å². The first-order valence-corrected chi connectivity index (χ1v) is 8.20. The second kappa shape index (κ2) is 5.49. The molecule has 4 rings (SSSR count). The van der Waals surface area contributed by atoms with Crippen LogP contribution in [-0.2, 0) is 6.42 Å². The summed E-state index contributed by atoms with van der Waals surface area (Å²) in [5.41, 5.74) is 3.46. The van der Waals surface area contributed by atoms with Gasteiger partial charge in [0.25, 0.3) is 0 Å². The molecule has 1 aromatic heterocycles. The lowest BCUT2D eigenvalue weighted by molar-refractivity contribution is 0.668. The van der Waals surface area contributed by atoms with Gasteiger partial charge in [0.15, 0.2) is 0 Å². The van der Waals surface area contributed by atoms with Crippen LogP contribution < -0.4 is 0 Å². The van der Waals surface area contributed by atoms with E-state index in [0.717, 1.165) is 17.6 Å². The number of hydrogen-bond donors (Lipinski definition) is 0. The van der Waals surface area contributed by atoms with Crippen LogP contribution in [0.4, 0.5) is 0 Å². The van der Waals surface area contributed by atoms with Crippen LogP contribution in [0.3, 0.4) is 0 Å². The van der Waals surface area contributed by atoms with Crippen molar-refractivity contribution in [3.8, 4) is 0 Å². The predicted octanol–water partition coefficient (Wildman–Crippen LogP) is 6.47. The minimum Gasteiger partial charge on any atom is -0.456 e. The van der Waals surface area contributed by atoms with Crippen molar-refractivity contribution in [1.82, 2.24) is 0 Å². The third-order valence-corrected chi connectivity index (χ3v) is 4.53. The van der Waals surface area contributed by atoms with Crippen LogP contribution in [0.2, 0.25) is 0 Å². The number of benzene rings is 3. The summed E-state index contributed by atoms with van der Waals surface area (Å²) in [4.78, 5) is 0. The number of unbranched alkanes of at least 4 members (excludes halogenated alkanes) is 2. The Hall–Kier alpha value is -2.28. The Morgan fingerprint density at radius 1 is 0.818 bits per heavy atom. The molecule has 0 N–H and O–H groups in total. The molecular weight excluding hydrogens is 268 g/mol. The lowest BCUT2D eigenvalue weighted by Gasteiger charge is -2.08. The molecule has 0 radical (unpaired) electrons. The maximum atomic E-state index is 6.11. The molecule has 0 aliphatic heterocycles. The third-order valence-electron chi connectivity index (χ3n) is 4.53. The van der Waals surface area contributed by atoms with Crippen LogP contribution in [0.5, 0.6) is 0 Å². The second-order valence-electron chi connectivity index (χ2n) is 6.00. The number of para-hydroxylation sites is 1. The molecule has 4 aromatic rings. The normalized spacial score (nSPS) is 11.7. The Bertz CT molecular complexity index is 946. The predicted molar refractivity (Wildman–Crippen MR) is 94.5 cm³/mol. The van der Waals surface area contributed by atoms with Gasteiger partial charge in [0.2, 0.25) is 0 Å². The molecule has 1 heteroatoms. The smallest absolute Gasteiger partial charge is 0.136 e. The van der Waals surface area contributed by atoms with Gasteiger partial charge in [-0.2, -0.15) is 0 Å². The average molecular weight is 288 g/mol. The molecule has 0 bridgehead atoms. The maximum absolute atomic E-state index is 6.11. The van der Waals surface area contributed by atoms with E-state index in [-0.39, 0.29) is 0 Å². The van der Waals surface area contributed by atoms with Gasteiger partial charge in [-0.3, -0.25) is 0 Å². The average Bonchev–Trinajstić information content (AvgIpc) is 2.92. The molecule has 0 aliphatic rings. The fourth-order valence-corrected chi connectivity index (χ4v) is 3.46. The van der Waals surface area contributed by atoms with Crippen LogP contribution in [0.1, 0.15) is 31.7 Å². The van der Waals surface area contributed by atoms with Crippen molar-refractivity contribution in [3.63, 3.8) is 0 Å². The minimum atomic E-state index is 0.990. The van der Waals surface area contributed by atoms with Crippen LogP contribution in [0, 0.1) is 0 Å². The highest BCUT2D eigenvalue weighted by molar-refractivity contribution is 6.12. The Kier molecular flexibility index (Phi) is 3.34. The zero-order valence-corrected chi connectivity index (χ0v) is 12.9. The second-order valence-corrected chi connectivity index (χ2v) is 6.00. The first-order valence-electron chi connectivity index (χ1n) is 8.20. The molecule has 0 saturated carbocycles. The highest BCUT2D eigenvalue weighted by Crippen LogP contribution is 2.36. The van der Waals surface area contributed by atoms with Gasteiger partial charge < -0.3 is 4.42 Å². The molecule has 0 aliphatic carbocycles. The van der Waals surface area contributed by atoms with E-state index in [2.05, 4.69) is 55.5 Å². The van der Waals surface area contributed by atoms with Crippen molar-refractivity contribution in [2.24, 2.45) is 0 Å². The third kappa shape index (κ3) is 2.09. The number of rotatable bonds is 4. The lowest BCUT2D eigenvalue weighted by atomic mass is 9.95. The summed E-state index contributed by atoms with van der Waals surface area (Å²) in [6, 6.07) is 19.3. The molecule has 22 heavy (non-hydrogen) atoms. The molecule has 0 fully saturated rings. The quantitative estimate of drug-likeness (QED) is 0.392. The molecular formula is C21H20O. The number of fused-ring (bicyclic) bond motifs is 4. The number of aryl methyl sites for hydroxylation is 1. The Morgan fingerprint density at radius 2 is 1.59 bits per heavy atom. The Morgan fingerprint density at radius 3 is 2.45 bits per heavy atom. The Labute approximate surface area is 130 Å². The molecule has 0 spiro atoms. The molecule has 110 valence electrons. The van der Waals surface area contributed by atoms with Gasteiger partial charge in [0.1, 0.15) is 11.2 Å². The summed E-state index contributed by atoms with van der Waals surface area (Å²) < 4.78 is 6.11. The van der Waals surface area contributed by atoms with E-state index in [1.807, 2.05) is 6.07 Å². The van der Waals surface area contributed by atoms with Crippen LogP contribution >= 0.6 is 0 Å². The van der Waals surface area contributed by atoms with E-state index < -0.39 is 0 Å². The SMILES string of the molecule is CCCCCc1c2ccccc2cc2oc3ccccc3c12. The van der Waals surface area contributed by atoms with E-state index in [4.69, 9.17) is 4.42 Å². The molecule has 0 atom stereocenters.